The molecule has 0 unspecified atom stereocenters. The third-order valence-corrected chi connectivity index (χ3v) is 6.86. The smallest absolute Gasteiger partial charge is 0.170 e. The quantitative estimate of drug-likeness (QED) is 0.435. The molecular weight excluding hydrogens is 456 g/mol. The average Bonchev–Trinajstić information content (AvgIpc) is 3.23. The van der Waals surface area contributed by atoms with Crippen molar-refractivity contribution in [3.05, 3.63) is 81.8 Å². The van der Waals surface area contributed by atoms with E-state index in [0.29, 0.717) is 0 Å². The second-order valence-corrected chi connectivity index (χ2v) is 9.03. The first-order valence-corrected chi connectivity index (χ1v) is 11.6. The van der Waals surface area contributed by atoms with Crippen LogP contribution < -0.4 is 5.32 Å². The summed E-state index contributed by atoms with van der Waals surface area (Å²) in [6.45, 7) is 7.53. The van der Waals surface area contributed by atoms with Gasteiger partial charge in [0.2, 0.25) is 0 Å². The Morgan fingerprint density at radius 2 is 1.90 bits per heavy atom. The molecule has 2 atom stereocenters. The van der Waals surface area contributed by atoms with E-state index in [1.165, 1.54) is 17.0 Å². The zero-order chi connectivity index (χ0) is 21.3. The van der Waals surface area contributed by atoms with Crippen LogP contribution in [0.25, 0.3) is 5.69 Å². The van der Waals surface area contributed by atoms with Gasteiger partial charge in [0, 0.05) is 28.6 Å². The van der Waals surface area contributed by atoms with E-state index in [9.17, 15) is 0 Å². The van der Waals surface area contributed by atoms with Crippen LogP contribution in [-0.4, -0.2) is 26.1 Å². The number of hydrogen-bond acceptors (Lipinski definition) is 2. The van der Waals surface area contributed by atoms with Gasteiger partial charge in [-0.2, -0.15) is 0 Å². The van der Waals surface area contributed by atoms with Crippen molar-refractivity contribution in [2.24, 2.45) is 0 Å². The van der Waals surface area contributed by atoms with Crippen LogP contribution in [0.15, 0.2) is 59.2 Å². The molecule has 0 aliphatic carbocycles. The number of aryl methyl sites for hydroxylation is 1. The number of thiocarbonyl (C=S) groups is 1. The van der Waals surface area contributed by atoms with E-state index < -0.39 is 0 Å². The van der Waals surface area contributed by atoms with Crippen LogP contribution in [0.1, 0.15) is 54.5 Å². The zero-order valence-electron chi connectivity index (χ0n) is 17.6. The van der Waals surface area contributed by atoms with E-state index in [-0.39, 0.29) is 12.1 Å². The molecule has 0 amide bonds. The SMILES string of the molecule is CCCCN1C(=S)N[C@H](c2ccccn2)[C@@H]1c1cc(C)n(-c2ccccc2Br)c1C. The summed E-state index contributed by atoms with van der Waals surface area (Å²) in [5, 5.41) is 4.38. The van der Waals surface area contributed by atoms with Crippen LogP contribution in [-0.2, 0) is 0 Å². The van der Waals surface area contributed by atoms with Gasteiger partial charge >= 0.3 is 0 Å². The summed E-state index contributed by atoms with van der Waals surface area (Å²) in [5.74, 6) is 0. The Kier molecular flexibility index (Phi) is 6.25. The van der Waals surface area contributed by atoms with E-state index >= 15 is 0 Å². The molecule has 1 aliphatic heterocycles. The molecule has 4 nitrogen and oxygen atoms in total. The van der Waals surface area contributed by atoms with Crippen LogP contribution in [0.5, 0.6) is 0 Å². The van der Waals surface area contributed by atoms with Crippen molar-refractivity contribution in [3.63, 3.8) is 0 Å². The highest BCUT2D eigenvalue weighted by molar-refractivity contribution is 9.10. The fourth-order valence-electron chi connectivity index (χ4n) is 4.40. The van der Waals surface area contributed by atoms with Crippen molar-refractivity contribution in [1.29, 1.82) is 0 Å². The molecule has 0 radical (unpaired) electrons. The third kappa shape index (κ3) is 3.79. The van der Waals surface area contributed by atoms with Gasteiger partial charge in [-0.05, 0) is 84.3 Å². The van der Waals surface area contributed by atoms with Crippen molar-refractivity contribution in [2.75, 3.05) is 6.54 Å². The summed E-state index contributed by atoms with van der Waals surface area (Å²) >= 11 is 9.50. The van der Waals surface area contributed by atoms with Crippen molar-refractivity contribution < 1.29 is 0 Å². The van der Waals surface area contributed by atoms with Gasteiger partial charge in [-0.25, -0.2) is 0 Å². The van der Waals surface area contributed by atoms with Crippen LogP contribution >= 0.6 is 28.1 Å². The van der Waals surface area contributed by atoms with Crippen LogP contribution in [0.3, 0.4) is 0 Å². The number of benzene rings is 1. The Bertz CT molecular complexity index is 1050. The molecule has 0 spiro atoms. The highest BCUT2D eigenvalue weighted by Gasteiger charge is 2.41. The van der Waals surface area contributed by atoms with Crippen molar-refractivity contribution in [3.8, 4) is 5.69 Å². The normalized spacial score (nSPS) is 18.7. The summed E-state index contributed by atoms with van der Waals surface area (Å²) in [5.41, 5.74) is 5.92. The lowest BCUT2D eigenvalue weighted by atomic mass is 9.96. The molecule has 3 heterocycles. The molecule has 1 aromatic carbocycles. The summed E-state index contributed by atoms with van der Waals surface area (Å²) in [4.78, 5) is 7.01. The van der Waals surface area contributed by atoms with Gasteiger partial charge in [0.25, 0.3) is 0 Å². The number of nitrogens with zero attached hydrogens (tertiary/aromatic N) is 3. The molecule has 1 aliphatic rings. The maximum Gasteiger partial charge on any atom is 0.170 e. The molecular formula is C24H27BrN4S. The molecule has 1 N–H and O–H groups in total. The largest absolute Gasteiger partial charge is 0.352 e. The molecule has 2 aromatic heterocycles. The molecule has 156 valence electrons. The summed E-state index contributed by atoms with van der Waals surface area (Å²) in [7, 11) is 0. The van der Waals surface area contributed by atoms with Gasteiger partial charge in [0.15, 0.2) is 5.11 Å². The van der Waals surface area contributed by atoms with Gasteiger partial charge in [0.05, 0.1) is 23.5 Å². The number of para-hydroxylation sites is 1. The second kappa shape index (κ2) is 8.90. The first kappa shape index (κ1) is 21.1. The van der Waals surface area contributed by atoms with Gasteiger partial charge in [0.1, 0.15) is 0 Å². The van der Waals surface area contributed by atoms with Crippen LogP contribution in [0.2, 0.25) is 0 Å². The molecule has 6 heteroatoms. The highest BCUT2D eigenvalue weighted by Crippen LogP contribution is 2.41. The predicted molar refractivity (Wildman–Crippen MR) is 130 cm³/mol. The lowest BCUT2D eigenvalue weighted by Gasteiger charge is -2.28. The van der Waals surface area contributed by atoms with E-state index in [4.69, 9.17) is 12.2 Å². The van der Waals surface area contributed by atoms with Gasteiger partial charge in [-0.15, -0.1) is 0 Å². The summed E-state index contributed by atoms with van der Waals surface area (Å²) in [6, 6.07) is 16.9. The van der Waals surface area contributed by atoms with Crippen LogP contribution in [0, 0.1) is 13.8 Å². The maximum atomic E-state index is 5.78. The number of rotatable bonds is 6. The lowest BCUT2D eigenvalue weighted by molar-refractivity contribution is 0.312. The number of nitrogens with one attached hydrogen (secondary N) is 1. The van der Waals surface area contributed by atoms with E-state index in [2.05, 4.69) is 86.8 Å². The van der Waals surface area contributed by atoms with E-state index in [1.807, 2.05) is 24.4 Å². The summed E-state index contributed by atoms with van der Waals surface area (Å²) in [6.07, 6.45) is 4.10. The minimum Gasteiger partial charge on any atom is -0.352 e. The fraction of sp³-hybridized carbons (Fsp3) is 0.333. The van der Waals surface area contributed by atoms with Crippen LogP contribution in [0.4, 0.5) is 0 Å². The van der Waals surface area contributed by atoms with Crippen molar-refractivity contribution in [1.82, 2.24) is 19.8 Å². The lowest BCUT2D eigenvalue weighted by Crippen LogP contribution is -2.30. The minimum absolute atomic E-state index is 0.0312. The molecule has 4 rings (SSSR count). The maximum absolute atomic E-state index is 5.78. The average molecular weight is 483 g/mol. The Hall–Kier alpha value is -2.18. The monoisotopic (exact) mass is 482 g/mol. The van der Waals surface area contributed by atoms with E-state index in [0.717, 1.165) is 40.4 Å². The molecule has 0 saturated carbocycles. The molecule has 0 bridgehead atoms. The first-order valence-electron chi connectivity index (χ1n) is 10.4. The number of aromatic nitrogens is 2. The Labute approximate surface area is 192 Å². The van der Waals surface area contributed by atoms with Gasteiger partial charge < -0.3 is 14.8 Å². The van der Waals surface area contributed by atoms with Crippen molar-refractivity contribution in [2.45, 2.75) is 45.7 Å². The summed E-state index contributed by atoms with van der Waals surface area (Å²) < 4.78 is 3.41. The Morgan fingerprint density at radius 3 is 2.60 bits per heavy atom. The minimum atomic E-state index is 0.0312. The van der Waals surface area contributed by atoms with Gasteiger partial charge in [-0.1, -0.05) is 31.5 Å². The number of unbranched alkanes of at least 4 members (excludes halogenated alkanes) is 1. The first-order chi connectivity index (χ1) is 14.5. The van der Waals surface area contributed by atoms with Crippen molar-refractivity contribution >= 4 is 33.3 Å². The molecule has 30 heavy (non-hydrogen) atoms. The molecule has 1 saturated heterocycles. The zero-order valence-corrected chi connectivity index (χ0v) is 20.0. The Balaban J connectivity index is 1.83. The number of pyridine rings is 1. The van der Waals surface area contributed by atoms with Gasteiger partial charge in [-0.3, -0.25) is 4.98 Å². The van der Waals surface area contributed by atoms with E-state index in [1.54, 1.807) is 0 Å². The molecule has 1 fully saturated rings. The topological polar surface area (TPSA) is 33.1 Å². The number of hydrogen-bond donors (Lipinski definition) is 1. The predicted octanol–water partition coefficient (Wildman–Crippen LogP) is 6.02. The standard InChI is InChI=1S/C24H27BrN4S/c1-4-5-14-28-23(22(27-24(28)30)20-11-8-9-13-26-20)18-15-16(2)29(17(18)3)21-12-7-6-10-19(21)25/h6-13,15,22-23H,4-5,14H2,1-3H3,(H,27,30)/t22-,23+/m1/s1. The highest BCUT2D eigenvalue weighted by atomic mass is 79.9. The second-order valence-electron chi connectivity index (χ2n) is 7.79. The third-order valence-electron chi connectivity index (χ3n) is 5.83. The molecule has 3 aromatic rings. The fourth-order valence-corrected chi connectivity index (χ4v) is 5.20. The number of halogens is 1. The Morgan fingerprint density at radius 1 is 1.13 bits per heavy atom.